The van der Waals surface area contributed by atoms with Crippen LogP contribution in [0.5, 0.6) is 0 Å². The lowest BCUT2D eigenvalue weighted by Gasteiger charge is -2.10. The lowest BCUT2D eigenvalue weighted by atomic mass is 10.1. The van der Waals surface area contributed by atoms with Crippen LogP contribution in [0, 0.1) is 5.82 Å². The summed E-state index contributed by atoms with van der Waals surface area (Å²) in [7, 11) is 1.26. The van der Waals surface area contributed by atoms with Crippen molar-refractivity contribution in [2.24, 2.45) is 0 Å². The minimum Gasteiger partial charge on any atom is -0.465 e. The van der Waals surface area contributed by atoms with Gasteiger partial charge in [-0.15, -0.1) is 5.10 Å². The highest BCUT2D eigenvalue weighted by Crippen LogP contribution is 2.23. The van der Waals surface area contributed by atoms with Gasteiger partial charge in [0.25, 0.3) is 0 Å². The normalized spacial score (nSPS) is 10.8. The van der Waals surface area contributed by atoms with Crippen LogP contribution in [0.2, 0.25) is 0 Å². The molecule has 1 aromatic carbocycles. The highest BCUT2D eigenvalue weighted by Gasteiger charge is 2.14. The zero-order valence-electron chi connectivity index (χ0n) is 10.9. The third-order valence-electron chi connectivity index (χ3n) is 2.68. The maximum atomic E-state index is 13.6. The van der Waals surface area contributed by atoms with Gasteiger partial charge >= 0.3 is 5.97 Å². The van der Waals surface area contributed by atoms with E-state index >= 15 is 0 Å². The number of ether oxygens (including phenoxy) is 1. The van der Waals surface area contributed by atoms with E-state index in [1.54, 1.807) is 10.7 Å². The first-order valence-electron chi connectivity index (χ1n) is 5.82. The largest absolute Gasteiger partial charge is 0.465 e. The van der Waals surface area contributed by atoms with Crippen molar-refractivity contribution in [1.82, 2.24) is 15.0 Å². The van der Waals surface area contributed by atoms with Crippen molar-refractivity contribution in [3.63, 3.8) is 0 Å². The fourth-order valence-corrected chi connectivity index (χ4v) is 1.80. The lowest BCUT2D eigenvalue weighted by molar-refractivity contribution is 0.0600. The van der Waals surface area contributed by atoms with Gasteiger partial charge in [0.05, 0.1) is 24.6 Å². The second kappa shape index (κ2) is 5.17. The lowest BCUT2D eigenvalue weighted by Crippen LogP contribution is -2.06. The number of hydrogen-bond donors (Lipinski definition) is 0. The molecule has 0 fully saturated rings. The molecule has 100 valence electrons. The molecular formula is C13H14FN3O2. The van der Waals surface area contributed by atoms with E-state index in [0.29, 0.717) is 11.3 Å². The molecular weight excluding hydrogens is 249 g/mol. The molecule has 2 rings (SSSR count). The Labute approximate surface area is 110 Å². The molecule has 1 heterocycles. The van der Waals surface area contributed by atoms with Crippen LogP contribution in [0.3, 0.4) is 0 Å². The summed E-state index contributed by atoms with van der Waals surface area (Å²) in [6.45, 7) is 3.89. The van der Waals surface area contributed by atoms with E-state index in [2.05, 4.69) is 15.0 Å². The van der Waals surface area contributed by atoms with Crippen molar-refractivity contribution in [3.8, 4) is 11.3 Å². The van der Waals surface area contributed by atoms with Crippen LogP contribution in [0.25, 0.3) is 11.3 Å². The van der Waals surface area contributed by atoms with E-state index in [1.165, 1.54) is 19.4 Å². The first-order valence-corrected chi connectivity index (χ1v) is 5.82. The van der Waals surface area contributed by atoms with Crippen LogP contribution in [-0.2, 0) is 4.74 Å². The third-order valence-corrected chi connectivity index (χ3v) is 2.68. The molecule has 1 aromatic heterocycles. The Bertz CT molecular complexity index is 608. The number of methoxy groups -OCH3 is 1. The summed E-state index contributed by atoms with van der Waals surface area (Å²) >= 11 is 0. The molecule has 0 saturated carbocycles. The Kier molecular flexibility index (Phi) is 3.59. The van der Waals surface area contributed by atoms with Gasteiger partial charge in [-0.3, -0.25) is 0 Å². The molecule has 0 aliphatic rings. The number of esters is 1. The number of nitrogens with zero attached hydrogens (tertiary/aromatic N) is 3. The van der Waals surface area contributed by atoms with Gasteiger partial charge in [-0.05, 0) is 32.0 Å². The van der Waals surface area contributed by atoms with Gasteiger partial charge in [0.2, 0.25) is 0 Å². The summed E-state index contributed by atoms with van der Waals surface area (Å²) in [6.07, 6.45) is 1.54. The zero-order valence-corrected chi connectivity index (χ0v) is 10.9. The number of carbonyl (C=O) groups is 1. The molecule has 0 aliphatic carbocycles. The van der Waals surface area contributed by atoms with Crippen LogP contribution < -0.4 is 0 Å². The molecule has 0 spiro atoms. The van der Waals surface area contributed by atoms with Crippen molar-refractivity contribution >= 4 is 5.97 Å². The fourth-order valence-electron chi connectivity index (χ4n) is 1.80. The first kappa shape index (κ1) is 13.2. The van der Waals surface area contributed by atoms with Crippen LogP contribution >= 0.6 is 0 Å². The Morgan fingerprint density at radius 2 is 2.11 bits per heavy atom. The Morgan fingerprint density at radius 1 is 1.37 bits per heavy atom. The molecule has 0 N–H and O–H groups in total. The van der Waals surface area contributed by atoms with Crippen LogP contribution in [0.4, 0.5) is 4.39 Å². The molecule has 5 nitrogen and oxygen atoms in total. The van der Waals surface area contributed by atoms with Gasteiger partial charge in [-0.25, -0.2) is 13.9 Å². The number of carbonyl (C=O) groups excluding carboxylic acids is 1. The molecule has 0 unspecified atom stereocenters. The minimum atomic E-state index is -0.579. The van der Waals surface area contributed by atoms with Crippen LogP contribution in [-0.4, -0.2) is 28.1 Å². The number of halogens is 1. The average Bonchev–Trinajstić information content (AvgIpc) is 2.86. The van der Waals surface area contributed by atoms with Crippen LogP contribution in [0.15, 0.2) is 24.4 Å². The average molecular weight is 263 g/mol. The number of aromatic nitrogens is 3. The van der Waals surface area contributed by atoms with Crippen molar-refractivity contribution in [3.05, 3.63) is 35.8 Å². The van der Waals surface area contributed by atoms with Gasteiger partial charge < -0.3 is 4.74 Å². The molecule has 0 atom stereocenters. The SMILES string of the molecule is COC(=O)c1cc(F)cc(-c2cnnn2C(C)C)c1. The predicted molar refractivity (Wildman–Crippen MR) is 67.1 cm³/mol. The van der Waals surface area contributed by atoms with E-state index in [4.69, 9.17) is 0 Å². The number of benzene rings is 1. The molecule has 0 amide bonds. The highest BCUT2D eigenvalue weighted by molar-refractivity contribution is 5.90. The Balaban J connectivity index is 2.53. The van der Waals surface area contributed by atoms with Crippen LogP contribution in [0.1, 0.15) is 30.2 Å². The van der Waals surface area contributed by atoms with Gasteiger partial charge in [0, 0.05) is 11.6 Å². The monoisotopic (exact) mass is 263 g/mol. The Hall–Kier alpha value is -2.24. The van der Waals surface area contributed by atoms with E-state index in [1.807, 2.05) is 13.8 Å². The van der Waals surface area contributed by atoms with Gasteiger partial charge in [-0.2, -0.15) is 0 Å². The summed E-state index contributed by atoms with van der Waals surface area (Å²) < 4.78 is 19.9. The summed E-state index contributed by atoms with van der Waals surface area (Å²) in [5.74, 6) is -1.08. The minimum absolute atomic E-state index is 0.0855. The van der Waals surface area contributed by atoms with E-state index in [-0.39, 0.29) is 11.6 Å². The fraction of sp³-hybridized carbons (Fsp3) is 0.308. The quantitative estimate of drug-likeness (QED) is 0.798. The molecule has 2 aromatic rings. The van der Waals surface area contributed by atoms with Crippen molar-refractivity contribution < 1.29 is 13.9 Å². The summed E-state index contributed by atoms with van der Waals surface area (Å²) in [4.78, 5) is 11.5. The molecule has 0 radical (unpaired) electrons. The Morgan fingerprint density at radius 3 is 2.74 bits per heavy atom. The van der Waals surface area contributed by atoms with E-state index < -0.39 is 11.8 Å². The van der Waals surface area contributed by atoms with Gasteiger partial charge in [-0.1, -0.05) is 5.21 Å². The summed E-state index contributed by atoms with van der Waals surface area (Å²) in [5.41, 5.74) is 1.35. The second-order valence-corrected chi connectivity index (χ2v) is 4.38. The smallest absolute Gasteiger partial charge is 0.337 e. The molecule has 0 aliphatic heterocycles. The number of hydrogen-bond acceptors (Lipinski definition) is 4. The van der Waals surface area contributed by atoms with E-state index in [9.17, 15) is 9.18 Å². The predicted octanol–water partition coefficient (Wildman–Crippen LogP) is 2.45. The molecule has 19 heavy (non-hydrogen) atoms. The maximum absolute atomic E-state index is 13.6. The summed E-state index contributed by atoms with van der Waals surface area (Å²) in [6, 6.07) is 4.12. The number of rotatable bonds is 3. The van der Waals surface area contributed by atoms with Crippen molar-refractivity contribution in [2.45, 2.75) is 19.9 Å². The standard InChI is InChI=1S/C13H14FN3O2/c1-8(2)17-12(7-15-16-17)9-4-10(13(18)19-3)6-11(14)5-9/h4-8H,1-3H3. The third kappa shape index (κ3) is 2.62. The van der Waals surface area contributed by atoms with E-state index in [0.717, 1.165) is 6.07 Å². The van der Waals surface area contributed by atoms with Crippen molar-refractivity contribution in [2.75, 3.05) is 7.11 Å². The van der Waals surface area contributed by atoms with Crippen molar-refractivity contribution in [1.29, 1.82) is 0 Å². The first-order chi connectivity index (χ1) is 9.02. The highest BCUT2D eigenvalue weighted by atomic mass is 19.1. The topological polar surface area (TPSA) is 57.0 Å². The second-order valence-electron chi connectivity index (χ2n) is 4.38. The summed E-state index contributed by atoms with van der Waals surface area (Å²) in [5, 5.41) is 7.76. The molecule has 0 bridgehead atoms. The molecule has 0 saturated heterocycles. The molecule has 6 heteroatoms. The zero-order chi connectivity index (χ0) is 14.0. The van der Waals surface area contributed by atoms with Gasteiger partial charge in [0.1, 0.15) is 5.82 Å². The maximum Gasteiger partial charge on any atom is 0.337 e. The van der Waals surface area contributed by atoms with Gasteiger partial charge in [0.15, 0.2) is 0 Å².